The zero-order valence-corrected chi connectivity index (χ0v) is 15.7. The van der Waals surface area contributed by atoms with E-state index in [2.05, 4.69) is 21.9 Å². The summed E-state index contributed by atoms with van der Waals surface area (Å²) in [5.74, 6) is 0.875. The van der Waals surface area contributed by atoms with Gasteiger partial charge in [-0.3, -0.25) is 0 Å². The van der Waals surface area contributed by atoms with Gasteiger partial charge in [0.2, 0.25) is 0 Å². The Labute approximate surface area is 156 Å². The number of nitrogens with zero attached hydrogens (tertiary/aromatic N) is 3. The first-order chi connectivity index (χ1) is 12.2. The monoisotopic (exact) mass is 373 g/mol. The summed E-state index contributed by atoms with van der Waals surface area (Å²) in [6.45, 7) is 6.50. The normalized spacial score (nSPS) is 15.0. The smallest absolute Gasteiger partial charge is 0.186 e. The second-order valence-corrected chi connectivity index (χ2v) is 7.43. The third-order valence-electron chi connectivity index (χ3n) is 4.39. The van der Waals surface area contributed by atoms with Crippen molar-refractivity contribution in [3.63, 3.8) is 0 Å². The fourth-order valence-electron chi connectivity index (χ4n) is 3.15. The number of fused-ring (bicyclic) bond motifs is 1. The van der Waals surface area contributed by atoms with Gasteiger partial charge in [-0.1, -0.05) is 35.1 Å². The first-order valence-corrected chi connectivity index (χ1v) is 9.72. The van der Waals surface area contributed by atoms with Gasteiger partial charge in [-0.05, 0) is 37.3 Å². The van der Waals surface area contributed by atoms with Gasteiger partial charge in [0.05, 0.1) is 11.3 Å². The van der Waals surface area contributed by atoms with Crippen molar-refractivity contribution >= 4 is 44.0 Å². The summed E-state index contributed by atoms with van der Waals surface area (Å²) in [6.07, 6.45) is 0. The largest absolute Gasteiger partial charge is 0.492 e. The highest BCUT2D eigenvalue weighted by molar-refractivity contribution is 7.22. The van der Waals surface area contributed by atoms with Crippen LogP contribution >= 0.6 is 22.9 Å². The number of benzene rings is 2. The molecule has 0 unspecified atom stereocenters. The molecule has 1 aromatic heterocycles. The zero-order chi connectivity index (χ0) is 17.2. The van der Waals surface area contributed by atoms with Gasteiger partial charge in [-0.15, -0.1) is 0 Å². The van der Waals surface area contributed by atoms with Crippen LogP contribution < -0.4 is 14.5 Å². The molecular formula is C19H20ClN3OS. The van der Waals surface area contributed by atoms with E-state index < -0.39 is 0 Å². The summed E-state index contributed by atoms with van der Waals surface area (Å²) in [5.41, 5.74) is 2.16. The number of piperazine rings is 1. The summed E-state index contributed by atoms with van der Waals surface area (Å²) in [6, 6.07) is 14.2. The Morgan fingerprint density at radius 3 is 2.60 bits per heavy atom. The van der Waals surface area contributed by atoms with Gasteiger partial charge in [0.25, 0.3) is 0 Å². The minimum absolute atomic E-state index is 0.657. The third-order valence-corrected chi connectivity index (χ3v) is 5.71. The SMILES string of the molecule is CCOc1cccc2sc(N3CCN(c4cccc(Cl)c4)CC3)nc12. The van der Waals surface area contributed by atoms with Crippen molar-refractivity contribution in [2.45, 2.75) is 6.92 Å². The van der Waals surface area contributed by atoms with E-state index in [4.69, 9.17) is 21.3 Å². The second-order valence-electron chi connectivity index (χ2n) is 5.99. The van der Waals surface area contributed by atoms with Crippen molar-refractivity contribution in [2.75, 3.05) is 42.6 Å². The van der Waals surface area contributed by atoms with Crippen molar-refractivity contribution in [2.24, 2.45) is 0 Å². The van der Waals surface area contributed by atoms with Gasteiger partial charge in [0.1, 0.15) is 11.3 Å². The van der Waals surface area contributed by atoms with Crippen LogP contribution in [0.1, 0.15) is 6.92 Å². The van der Waals surface area contributed by atoms with Crippen molar-refractivity contribution in [1.29, 1.82) is 0 Å². The van der Waals surface area contributed by atoms with Crippen LogP contribution in [0.15, 0.2) is 42.5 Å². The molecule has 4 rings (SSSR count). The zero-order valence-electron chi connectivity index (χ0n) is 14.1. The Balaban J connectivity index is 1.51. The lowest BCUT2D eigenvalue weighted by Crippen LogP contribution is -2.46. The maximum absolute atomic E-state index is 6.12. The molecule has 0 N–H and O–H groups in total. The molecule has 1 aliphatic rings. The van der Waals surface area contributed by atoms with Crippen LogP contribution in [-0.2, 0) is 0 Å². The van der Waals surface area contributed by atoms with Gasteiger partial charge in [-0.25, -0.2) is 4.98 Å². The molecule has 2 aromatic carbocycles. The fraction of sp³-hybridized carbons (Fsp3) is 0.316. The highest BCUT2D eigenvalue weighted by Crippen LogP contribution is 2.34. The maximum Gasteiger partial charge on any atom is 0.186 e. The van der Waals surface area contributed by atoms with Crippen molar-refractivity contribution in [3.8, 4) is 5.75 Å². The molecule has 0 saturated carbocycles. The van der Waals surface area contributed by atoms with Crippen LogP contribution in [0, 0.1) is 0 Å². The molecule has 1 fully saturated rings. The summed E-state index contributed by atoms with van der Waals surface area (Å²) >= 11 is 7.86. The molecule has 1 saturated heterocycles. The summed E-state index contributed by atoms with van der Waals surface area (Å²) in [5, 5.41) is 1.86. The minimum atomic E-state index is 0.657. The van der Waals surface area contributed by atoms with Crippen LogP contribution in [-0.4, -0.2) is 37.8 Å². The van der Waals surface area contributed by atoms with Gasteiger partial charge >= 0.3 is 0 Å². The molecule has 25 heavy (non-hydrogen) atoms. The summed E-state index contributed by atoms with van der Waals surface area (Å²) in [7, 11) is 0. The van der Waals surface area contributed by atoms with E-state index >= 15 is 0 Å². The molecule has 130 valence electrons. The molecule has 0 bridgehead atoms. The van der Waals surface area contributed by atoms with Gasteiger partial charge < -0.3 is 14.5 Å². The summed E-state index contributed by atoms with van der Waals surface area (Å²) < 4.78 is 6.89. The van der Waals surface area contributed by atoms with Crippen LogP contribution in [0.5, 0.6) is 5.75 Å². The van der Waals surface area contributed by atoms with Crippen molar-refractivity contribution in [3.05, 3.63) is 47.5 Å². The number of thiazole rings is 1. The average molecular weight is 374 g/mol. The molecule has 0 amide bonds. The molecular weight excluding hydrogens is 354 g/mol. The number of ether oxygens (including phenoxy) is 1. The van der Waals surface area contributed by atoms with E-state index in [0.29, 0.717) is 6.61 Å². The topological polar surface area (TPSA) is 28.6 Å². The number of halogens is 1. The molecule has 0 radical (unpaired) electrons. The van der Waals surface area contributed by atoms with Crippen LogP contribution in [0.2, 0.25) is 5.02 Å². The molecule has 0 atom stereocenters. The van der Waals surface area contributed by atoms with Crippen molar-refractivity contribution in [1.82, 2.24) is 4.98 Å². The van der Waals surface area contributed by atoms with E-state index in [1.165, 1.54) is 10.4 Å². The van der Waals surface area contributed by atoms with Crippen LogP contribution in [0.3, 0.4) is 0 Å². The highest BCUT2D eigenvalue weighted by atomic mass is 35.5. The van der Waals surface area contributed by atoms with E-state index in [1.807, 2.05) is 37.3 Å². The Morgan fingerprint density at radius 1 is 1.08 bits per heavy atom. The van der Waals surface area contributed by atoms with Crippen LogP contribution in [0.4, 0.5) is 10.8 Å². The standard InChI is InChI=1S/C19H20ClN3OS/c1-2-24-16-7-4-8-17-18(16)21-19(25-17)23-11-9-22(10-12-23)15-6-3-5-14(20)13-15/h3-8,13H,2,9-12H2,1H3. The van der Waals surface area contributed by atoms with E-state index in [-0.39, 0.29) is 0 Å². The number of aromatic nitrogens is 1. The lowest BCUT2D eigenvalue weighted by atomic mass is 10.2. The van der Waals surface area contributed by atoms with Crippen molar-refractivity contribution < 1.29 is 4.74 Å². The van der Waals surface area contributed by atoms with E-state index in [0.717, 1.165) is 47.6 Å². The van der Waals surface area contributed by atoms with Crippen LogP contribution in [0.25, 0.3) is 10.2 Å². The molecule has 0 aliphatic carbocycles. The van der Waals surface area contributed by atoms with Gasteiger partial charge in [-0.2, -0.15) is 0 Å². The molecule has 0 spiro atoms. The number of hydrogen-bond acceptors (Lipinski definition) is 5. The molecule has 3 aromatic rings. The molecule has 2 heterocycles. The molecule has 4 nitrogen and oxygen atoms in total. The minimum Gasteiger partial charge on any atom is -0.492 e. The number of hydrogen-bond donors (Lipinski definition) is 0. The number of anilines is 2. The fourth-order valence-corrected chi connectivity index (χ4v) is 4.37. The molecule has 1 aliphatic heterocycles. The Bertz CT molecular complexity index is 874. The first kappa shape index (κ1) is 16.5. The lowest BCUT2D eigenvalue weighted by molar-refractivity contribution is 0.344. The Hall–Kier alpha value is -1.98. The second kappa shape index (κ2) is 7.10. The predicted octanol–water partition coefficient (Wildman–Crippen LogP) is 4.68. The average Bonchev–Trinajstić information content (AvgIpc) is 3.07. The molecule has 6 heteroatoms. The van der Waals surface area contributed by atoms with E-state index in [9.17, 15) is 0 Å². The Kier molecular flexibility index (Phi) is 4.68. The van der Waals surface area contributed by atoms with Gasteiger partial charge in [0, 0.05) is 36.9 Å². The number of rotatable bonds is 4. The quantitative estimate of drug-likeness (QED) is 0.664. The highest BCUT2D eigenvalue weighted by Gasteiger charge is 2.21. The lowest BCUT2D eigenvalue weighted by Gasteiger charge is -2.36. The summed E-state index contributed by atoms with van der Waals surface area (Å²) in [4.78, 5) is 9.59. The Morgan fingerprint density at radius 2 is 1.84 bits per heavy atom. The predicted molar refractivity (Wildman–Crippen MR) is 107 cm³/mol. The maximum atomic E-state index is 6.12. The van der Waals surface area contributed by atoms with E-state index in [1.54, 1.807) is 11.3 Å². The first-order valence-electron chi connectivity index (χ1n) is 8.52. The third kappa shape index (κ3) is 3.39. The number of para-hydroxylation sites is 1. The van der Waals surface area contributed by atoms with Gasteiger partial charge in [0.15, 0.2) is 5.13 Å².